The third-order valence-corrected chi connectivity index (χ3v) is 3.39. The number of aryl methyl sites for hydroxylation is 2. The van der Waals surface area contributed by atoms with Gasteiger partial charge in [-0.15, -0.1) is 5.10 Å². The van der Waals surface area contributed by atoms with Gasteiger partial charge in [-0.05, 0) is 49.9 Å². The minimum absolute atomic E-state index is 0.395. The van der Waals surface area contributed by atoms with E-state index in [1.807, 2.05) is 4.68 Å². The van der Waals surface area contributed by atoms with E-state index in [1.165, 1.54) is 11.1 Å². The Balaban J connectivity index is 2.19. The summed E-state index contributed by atoms with van der Waals surface area (Å²) in [6.07, 6.45) is 6.74. The molecule has 0 saturated heterocycles. The highest BCUT2D eigenvalue weighted by molar-refractivity contribution is 5.76. The van der Waals surface area contributed by atoms with Gasteiger partial charge in [-0.25, -0.2) is 4.68 Å². The van der Waals surface area contributed by atoms with E-state index in [-0.39, 0.29) is 0 Å². The summed E-state index contributed by atoms with van der Waals surface area (Å²) in [5.74, 6) is 0. The van der Waals surface area contributed by atoms with Crippen LogP contribution in [0.15, 0.2) is 24.3 Å². The van der Waals surface area contributed by atoms with E-state index in [1.54, 1.807) is 0 Å². The molecule has 1 aromatic carbocycles. The van der Waals surface area contributed by atoms with Gasteiger partial charge < -0.3 is 0 Å². The monoisotopic (exact) mass is 213 g/mol. The second-order valence-electron chi connectivity index (χ2n) is 4.53. The first kappa shape index (κ1) is 9.58. The largest absolute Gasteiger partial charge is 0.238 e. The van der Waals surface area contributed by atoms with Crippen LogP contribution in [0.25, 0.3) is 11.0 Å². The molecule has 0 spiro atoms. The van der Waals surface area contributed by atoms with E-state index >= 15 is 0 Å². The number of allylic oxidation sites excluding steroid dienone is 2. The summed E-state index contributed by atoms with van der Waals surface area (Å²) in [4.78, 5) is 0. The lowest BCUT2D eigenvalue weighted by Gasteiger charge is -2.09. The Morgan fingerprint density at radius 3 is 2.81 bits per heavy atom. The molecule has 82 valence electrons. The molecule has 0 bridgehead atoms. The molecule has 1 aliphatic rings. The number of hydrogen-bond donors (Lipinski definition) is 0. The van der Waals surface area contributed by atoms with Crippen LogP contribution in [0.4, 0.5) is 0 Å². The molecule has 0 aliphatic heterocycles. The minimum atomic E-state index is 0.395. The molecule has 1 heterocycles. The van der Waals surface area contributed by atoms with Crippen molar-refractivity contribution in [3.05, 3.63) is 35.4 Å². The van der Waals surface area contributed by atoms with Crippen molar-refractivity contribution in [3.63, 3.8) is 0 Å². The molecule has 0 amide bonds. The Morgan fingerprint density at radius 1 is 1.25 bits per heavy atom. The molecule has 0 saturated carbocycles. The average Bonchev–Trinajstić information content (AvgIpc) is 2.87. The third kappa shape index (κ3) is 1.35. The van der Waals surface area contributed by atoms with Gasteiger partial charge in [0.15, 0.2) is 0 Å². The number of hydrogen-bond acceptors (Lipinski definition) is 2. The van der Waals surface area contributed by atoms with Gasteiger partial charge in [-0.1, -0.05) is 17.4 Å². The van der Waals surface area contributed by atoms with Gasteiger partial charge in [-0.3, -0.25) is 0 Å². The summed E-state index contributed by atoms with van der Waals surface area (Å²) < 4.78 is 2.05. The number of aromatic nitrogens is 3. The molecule has 3 rings (SSSR count). The van der Waals surface area contributed by atoms with E-state index in [2.05, 4.69) is 48.4 Å². The molecule has 0 fully saturated rings. The van der Waals surface area contributed by atoms with Crippen LogP contribution in [-0.2, 0) is 0 Å². The maximum Gasteiger partial charge on any atom is 0.113 e. The van der Waals surface area contributed by atoms with Crippen LogP contribution in [-0.4, -0.2) is 15.0 Å². The van der Waals surface area contributed by atoms with Crippen molar-refractivity contribution in [2.45, 2.75) is 32.7 Å². The Labute approximate surface area is 94.8 Å². The van der Waals surface area contributed by atoms with E-state index in [0.717, 1.165) is 23.9 Å². The second kappa shape index (κ2) is 3.44. The summed E-state index contributed by atoms with van der Waals surface area (Å²) >= 11 is 0. The fraction of sp³-hybridized carbons (Fsp3) is 0.385. The van der Waals surface area contributed by atoms with Crippen LogP contribution in [0.5, 0.6) is 0 Å². The van der Waals surface area contributed by atoms with Crippen LogP contribution in [0.2, 0.25) is 0 Å². The van der Waals surface area contributed by atoms with Crippen molar-refractivity contribution in [2.75, 3.05) is 0 Å². The molecule has 3 heteroatoms. The van der Waals surface area contributed by atoms with Crippen LogP contribution < -0.4 is 0 Å². The van der Waals surface area contributed by atoms with Gasteiger partial charge >= 0.3 is 0 Å². The van der Waals surface area contributed by atoms with Gasteiger partial charge in [0.1, 0.15) is 5.52 Å². The number of rotatable bonds is 1. The summed E-state index contributed by atoms with van der Waals surface area (Å²) in [7, 11) is 0. The van der Waals surface area contributed by atoms with Gasteiger partial charge in [0, 0.05) is 0 Å². The van der Waals surface area contributed by atoms with E-state index in [0.29, 0.717) is 6.04 Å². The topological polar surface area (TPSA) is 30.7 Å². The number of fused-ring (bicyclic) bond motifs is 1. The SMILES string of the molecule is Cc1cc2nnn(C3C=CCC3)c2cc1C. The fourth-order valence-corrected chi connectivity index (χ4v) is 2.26. The highest BCUT2D eigenvalue weighted by atomic mass is 15.4. The molecule has 1 atom stereocenters. The Hall–Kier alpha value is -1.64. The first-order valence-electron chi connectivity index (χ1n) is 5.74. The predicted molar refractivity (Wildman–Crippen MR) is 64.4 cm³/mol. The van der Waals surface area contributed by atoms with Gasteiger partial charge in [0.2, 0.25) is 0 Å². The average molecular weight is 213 g/mol. The molecule has 1 unspecified atom stereocenters. The molecule has 2 aromatic rings. The molecular formula is C13H15N3. The quantitative estimate of drug-likeness (QED) is 0.682. The van der Waals surface area contributed by atoms with E-state index < -0.39 is 0 Å². The summed E-state index contributed by atoms with van der Waals surface area (Å²) in [6, 6.07) is 4.70. The summed E-state index contributed by atoms with van der Waals surface area (Å²) in [6.45, 7) is 4.25. The first-order chi connectivity index (χ1) is 7.75. The van der Waals surface area contributed by atoms with Crippen molar-refractivity contribution >= 4 is 11.0 Å². The zero-order valence-electron chi connectivity index (χ0n) is 9.64. The normalized spacial score (nSPS) is 19.8. The fourth-order valence-electron chi connectivity index (χ4n) is 2.26. The van der Waals surface area contributed by atoms with Gasteiger partial charge in [0.25, 0.3) is 0 Å². The maximum atomic E-state index is 4.27. The number of nitrogens with zero attached hydrogens (tertiary/aromatic N) is 3. The van der Waals surface area contributed by atoms with Crippen LogP contribution >= 0.6 is 0 Å². The highest BCUT2D eigenvalue weighted by Crippen LogP contribution is 2.26. The Bertz CT molecular complexity index is 566. The lowest BCUT2D eigenvalue weighted by atomic mass is 10.1. The van der Waals surface area contributed by atoms with E-state index in [4.69, 9.17) is 0 Å². The zero-order valence-corrected chi connectivity index (χ0v) is 9.64. The second-order valence-corrected chi connectivity index (χ2v) is 4.53. The summed E-state index contributed by atoms with van der Waals surface area (Å²) in [5.41, 5.74) is 4.74. The standard InChI is InChI=1S/C13H15N3/c1-9-7-12-13(8-10(9)2)16(15-14-12)11-5-3-4-6-11/h3,5,7-8,11H,4,6H2,1-2H3. The Kier molecular flexibility index (Phi) is 2.06. The molecular weight excluding hydrogens is 198 g/mol. The smallest absolute Gasteiger partial charge is 0.113 e. The van der Waals surface area contributed by atoms with Crippen molar-refractivity contribution in [1.82, 2.24) is 15.0 Å². The Morgan fingerprint density at radius 2 is 2.06 bits per heavy atom. The molecule has 1 aliphatic carbocycles. The molecule has 0 N–H and O–H groups in total. The van der Waals surface area contributed by atoms with Crippen molar-refractivity contribution in [1.29, 1.82) is 0 Å². The lowest BCUT2D eigenvalue weighted by molar-refractivity contribution is 0.527. The minimum Gasteiger partial charge on any atom is -0.238 e. The highest BCUT2D eigenvalue weighted by Gasteiger charge is 2.16. The van der Waals surface area contributed by atoms with Crippen molar-refractivity contribution in [2.24, 2.45) is 0 Å². The summed E-state index contributed by atoms with van der Waals surface area (Å²) in [5, 5.41) is 8.52. The van der Waals surface area contributed by atoms with E-state index in [9.17, 15) is 0 Å². The van der Waals surface area contributed by atoms with Gasteiger partial charge in [-0.2, -0.15) is 0 Å². The predicted octanol–water partition coefficient (Wildman–Crippen LogP) is 2.94. The van der Waals surface area contributed by atoms with Crippen LogP contribution in [0.3, 0.4) is 0 Å². The van der Waals surface area contributed by atoms with Crippen molar-refractivity contribution < 1.29 is 0 Å². The molecule has 3 nitrogen and oxygen atoms in total. The van der Waals surface area contributed by atoms with Crippen LogP contribution in [0, 0.1) is 13.8 Å². The molecule has 16 heavy (non-hydrogen) atoms. The van der Waals surface area contributed by atoms with Crippen LogP contribution in [0.1, 0.15) is 30.0 Å². The molecule has 1 aromatic heterocycles. The third-order valence-electron chi connectivity index (χ3n) is 3.39. The maximum absolute atomic E-state index is 4.27. The molecule has 0 radical (unpaired) electrons. The number of benzene rings is 1. The van der Waals surface area contributed by atoms with Crippen molar-refractivity contribution in [3.8, 4) is 0 Å². The van der Waals surface area contributed by atoms with Gasteiger partial charge in [0.05, 0.1) is 11.6 Å². The first-order valence-corrected chi connectivity index (χ1v) is 5.74. The zero-order chi connectivity index (χ0) is 11.1. The lowest BCUT2D eigenvalue weighted by Crippen LogP contribution is -2.05.